The Morgan fingerprint density at radius 2 is 2.18 bits per heavy atom. The number of carbonyl (C=O) groups excluding carboxylic acids is 1. The highest BCUT2D eigenvalue weighted by molar-refractivity contribution is 5.76. The second-order valence-electron chi connectivity index (χ2n) is 5.65. The predicted molar refractivity (Wildman–Crippen MR) is 81.5 cm³/mol. The van der Waals surface area contributed by atoms with Crippen LogP contribution in [0.15, 0.2) is 18.3 Å². The van der Waals surface area contributed by atoms with E-state index in [9.17, 15) is 4.79 Å². The minimum atomic E-state index is 0.0396. The van der Waals surface area contributed by atoms with Crippen molar-refractivity contribution in [1.82, 2.24) is 15.2 Å². The van der Waals surface area contributed by atoms with E-state index >= 15 is 0 Å². The summed E-state index contributed by atoms with van der Waals surface area (Å²) < 4.78 is 10.9. The minimum absolute atomic E-state index is 0.0396. The zero-order valence-electron chi connectivity index (χ0n) is 12.8. The Morgan fingerprint density at radius 1 is 1.32 bits per heavy atom. The van der Waals surface area contributed by atoms with Gasteiger partial charge in [-0.1, -0.05) is 6.07 Å². The quantitative estimate of drug-likeness (QED) is 0.879. The first-order chi connectivity index (χ1) is 10.8. The molecule has 2 fully saturated rings. The van der Waals surface area contributed by atoms with Crippen molar-refractivity contribution >= 4 is 5.91 Å². The smallest absolute Gasteiger partial charge is 0.223 e. The SMILES string of the molecule is O=C(CCc1ccc([C@@H]2CNCCO2)nc1)N1CCOCC1. The van der Waals surface area contributed by atoms with Crippen molar-refractivity contribution in [1.29, 1.82) is 0 Å². The molecule has 0 radical (unpaired) electrons. The van der Waals surface area contributed by atoms with Crippen LogP contribution < -0.4 is 5.32 Å². The van der Waals surface area contributed by atoms with Crippen LogP contribution in [-0.4, -0.2) is 61.8 Å². The molecule has 3 rings (SSSR count). The van der Waals surface area contributed by atoms with Crippen molar-refractivity contribution < 1.29 is 14.3 Å². The lowest BCUT2D eigenvalue weighted by molar-refractivity contribution is -0.135. The number of nitrogens with zero attached hydrogens (tertiary/aromatic N) is 2. The Labute approximate surface area is 130 Å². The summed E-state index contributed by atoms with van der Waals surface area (Å²) in [6.45, 7) is 5.15. The largest absolute Gasteiger partial charge is 0.378 e. The van der Waals surface area contributed by atoms with Crippen molar-refractivity contribution in [3.05, 3.63) is 29.6 Å². The maximum atomic E-state index is 12.1. The summed E-state index contributed by atoms with van der Waals surface area (Å²) in [6.07, 6.45) is 3.16. The molecule has 0 aliphatic carbocycles. The number of hydrogen-bond acceptors (Lipinski definition) is 5. The Bertz CT molecular complexity index is 480. The highest BCUT2D eigenvalue weighted by atomic mass is 16.5. The lowest BCUT2D eigenvalue weighted by Gasteiger charge is -2.26. The summed E-state index contributed by atoms with van der Waals surface area (Å²) in [5.74, 6) is 0.201. The third-order valence-corrected chi connectivity index (χ3v) is 4.10. The molecule has 1 aromatic heterocycles. The summed E-state index contributed by atoms with van der Waals surface area (Å²) >= 11 is 0. The minimum Gasteiger partial charge on any atom is -0.378 e. The van der Waals surface area contributed by atoms with E-state index in [1.807, 2.05) is 23.2 Å². The van der Waals surface area contributed by atoms with Gasteiger partial charge in [-0.25, -0.2) is 0 Å². The third kappa shape index (κ3) is 4.03. The highest BCUT2D eigenvalue weighted by Crippen LogP contribution is 2.17. The molecule has 0 bridgehead atoms. The van der Waals surface area contributed by atoms with Crippen molar-refractivity contribution in [2.75, 3.05) is 46.0 Å². The zero-order valence-corrected chi connectivity index (χ0v) is 12.8. The number of carbonyl (C=O) groups is 1. The van der Waals surface area contributed by atoms with Gasteiger partial charge in [0.05, 0.1) is 25.5 Å². The summed E-state index contributed by atoms with van der Waals surface area (Å²) in [4.78, 5) is 18.5. The van der Waals surface area contributed by atoms with Gasteiger partial charge in [0, 0.05) is 38.8 Å². The Hall–Kier alpha value is -1.50. The number of amides is 1. The van der Waals surface area contributed by atoms with E-state index in [4.69, 9.17) is 9.47 Å². The van der Waals surface area contributed by atoms with Gasteiger partial charge in [-0.15, -0.1) is 0 Å². The van der Waals surface area contributed by atoms with Crippen LogP contribution in [0, 0.1) is 0 Å². The van der Waals surface area contributed by atoms with Gasteiger partial charge in [-0.05, 0) is 18.1 Å². The van der Waals surface area contributed by atoms with Gasteiger partial charge < -0.3 is 19.7 Å². The molecule has 22 heavy (non-hydrogen) atoms. The average molecular weight is 305 g/mol. The standard InChI is InChI=1S/C16H23N3O3/c20-16(19-6-9-21-10-7-19)4-2-13-1-3-14(18-11-13)15-12-17-5-8-22-15/h1,3,11,15,17H,2,4-10,12H2/t15-/m0/s1. The molecule has 0 aromatic carbocycles. The fourth-order valence-electron chi connectivity index (χ4n) is 2.75. The molecule has 1 N–H and O–H groups in total. The second kappa shape index (κ2) is 7.67. The first kappa shape index (κ1) is 15.4. The Kier molecular flexibility index (Phi) is 5.37. The van der Waals surface area contributed by atoms with Crippen molar-refractivity contribution in [2.45, 2.75) is 18.9 Å². The molecule has 120 valence electrons. The van der Waals surface area contributed by atoms with Gasteiger partial charge in [0.15, 0.2) is 0 Å². The van der Waals surface area contributed by atoms with Gasteiger partial charge in [0.25, 0.3) is 0 Å². The van der Waals surface area contributed by atoms with E-state index in [0.717, 1.165) is 37.4 Å². The molecular weight excluding hydrogens is 282 g/mol. The van der Waals surface area contributed by atoms with E-state index in [-0.39, 0.29) is 12.0 Å². The van der Waals surface area contributed by atoms with Gasteiger partial charge in [-0.3, -0.25) is 9.78 Å². The van der Waals surface area contributed by atoms with Crippen LogP contribution in [0.25, 0.3) is 0 Å². The number of rotatable bonds is 4. The summed E-state index contributed by atoms with van der Waals surface area (Å²) in [5, 5.41) is 3.30. The zero-order chi connectivity index (χ0) is 15.2. The van der Waals surface area contributed by atoms with Crippen molar-refractivity contribution in [2.24, 2.45) is 0 Å². The molecule has 2 aliphatic heterocycles. The lowest BCUT2D eigenvalue weighted by atomic mass is 10.1. The summed E-state index contributed by atoms with van der Waals surface area (Å²) in [7, 11) is 0. The van der Waals surface area contributed by atoms with Crippen LogP contribution >= 0.6 is 0 Å². The lowest BCUT2D eigenvalue weighted by Crippen LogP contribution is -2.40. The van der Waals surface area contributed by atoms with Gasteiger partial charge in [0.2, 0.25) is 5.91 Å². The van der Waals surface area contributed by atoms with Gasteiger partial charge in [0.1, 0.15) is 6.10 Å². The van der Waals surface area contributed by atoms with Gasteiger partial charge in [-0.2, -0.15) is 0 Å². The number of hydrogen-bond donors (Lipinski definition) is 1. The molecular formula is C16H23N3O3. The van der Waals surface area contributed by atoms with Crippen molar-refractivity contribution in [3.8, 4) is 0 Å². The van der Waals surface area contributed by atoms with E-state index in [1.54, 1.807) is 0 Å². The number of aryl methyl sites for hydroxylation is 1. The number of nitrogens with one attached hydrogen (secondary N) is 1. The highest BCUT2D eigenvalue weighted by Gasteiger charge is 2.18. The number of morpholine rings is 2. The van der Waals surface area contributed by atoms with Crippen molar-refractivity contribution in [3.63, 3.8) is 0 Å². The predicted octanol–water partition coefficient (Wildman–Crippen LogP) is 0.534. The molecule has 2 saturated heterocycles. The maximum Gasteiger partial charge on any atom is 0.223 e. The molecule has 3 heterocycles. The molecule has 1 atom stereocenters. The van der Waals surface area contributed by atoms with E-state index < -0.39 is 0 Å². The number of aromatic nitrogens is 1. The molecule has 6 nitrogen and oxygen atoms in total. The summed E-state index contributed by atoms with van der Waals surface area (Å²) in [6, 6.07) is 4.05. The first-order valence-corrected chi connectivity index (χ1v) is 7.95. The molecule has 1 aromatic rings. The second-order valence-corrected chi connectivity index (χ2v) is 5.65. The van der Waals surface area contributed by atoms with Crippen LogP contribution in [-0.2, 0) is 20.7 Å². The van der Waals surface area contributed by atoms with E-state index in [1.165, 1.54) is 0 Å². The van der Waals surface area contributed by atoms with E-state index in [0.29, 0.717) is 32.7 Å². The molecule has 1 amide bonds. The van der Waals surface area contributed by atoms with Crippen LogP contribution in [0.4, 0.5) is 0 Å². The van der Waals surface area contributed by atoms with Gasteiger partial charge >= 0.3 is 0 Å². The number of pyridine rings is 1. The van der Waals surface area contributed by atoms with Crippen LogP contribution in [0.3, 0.4) is 0 Å². The molecule has 2 aliphatic rings. The van der Waals surface area contributed by atoms with Crippen LogP contribution in [0.2, 0.25) is 0 Å². The third-order valence-electron chi connectivity index (χ3n) is 4.10. The summed E-state index contributed by atoms with van der Waals surface area (Å²) in [5.41, 5.74) is 2.05. The number of ether oxygens (including phenoxy) is 2. The molecule has 0 spiro atoms. The average Bonchev–Trinajstić information content (AvgIpc) is 2.61. The molecule has 0 unspecified atom stereocenters. The topological polar surface area (TPSA) is 63.7 Å². The Morgan fingerprint density at radius 3 is 2.86 bits per heavy atom. The molecule has 6 heteroatoms. The normalized spacial score (nSPS) is 22.5. The fraction of sp³-hybridized carbons (Fsp3) is 0.625. The monoisotopic (exact) mass is 305 g/mol. The Balaban J connectivity index is 1.49. The van der Waals surface area contributed by atoms with E-state index in [2.05, 4.69) is 10.3 Å². The molecule has 0 saturated carbocycles. The van der Waals surface area contributed by atoms with Crippen LogP contribution in [0.1, 0.15) is 23.8 Å². The first-order valence-electron chi connectivity index (χ1n) is 7.95. The maximum absolute atomic E-state index is 12.1. The van der Waals surface area contributed by atoms with Crippen LogP contribution in [0.5, 0.6) is 0 Å². The fourth-order valence-corrected chi connectivity index (χ4v) is 2.75.